The van der Waals surface area contributed by atoms with E-state index in [-0.39, 0.29) is 0 Å². The molecule has 5 heteroatoms. The van der Waals surface area contributed by atoms with E-state index in [1.165, 1.54) is 11.1 Å². The van der Waals surface area contributed by atoms with Gasteiger partial charge in [-0.05, 0) is 29.8 Å². The Morgan fingerprint density at radius 2 is 2.23 bits per heavy atom. The van der Waals surface area contributed by atoms with Crippen LogP contribution in [0.3, 0.4) is 0 Å². The maximum absolute atomic E-state index is 5.64. The van der Waals surface area contributed by atoms with Crippen LogP contribution < -0.4 is 5.73 Å². The van der Waals surface area contributed by atoms with Gasteiger partial charge in [0.2, 0.25) is 0 Å². The molecule has 66 valence electrons. The molecule has 5 nitrogen and oxygen atoms in total. The van der Waals surface area contributed by atoms with Crippen molar-refractivity contribution in [2.24, 2.45) is 0 Å². The molecule has 1 heterocycles. The Morgan fingerprint density at radius 1 is 1.38 bits per heavy atom. The minimum atomic E-state index is 0.693. The van der Waals surface area contributed by atoms with E-state index < -0.39 is 0 Å². The molecule has 0 saturated heterocycles. The minimum Gasteiger partial charge on any atom is -0.399 e. The van der Waals surface area contributed by atoms with Crippen LogP contribution in [0.5, 0.6) is 0 Å². The van der Waals surface area contributed by atoms with E-state index in [1.54, 1.807) is 0 Å². The molecular formula is C8H9N5. The van der Waals surface area contributed by atoms with Gasteiger partial charge in [-0.15, -0.1) is 15.0 Å². The van der Waals surface area contributed by atoms with E-state index >= 15 is 0 Å². The van der Waals surface area contributed by atoms with Crippen molar-refractivity contribution < 1.29 is 0 Å². The van der Waals surface area contributed by atoms with Gasteiger partial charge in [0.05, 0.1) is 5.69 Å². The van der Waals surface area contributed by atoms with Crippen LogP contribution in [0.4, 0.5) is 5.69 Å². The summed E-state index contributed by atoms with van der Waals surface area (Å²) in [5.74, 6) is 0. The molecule has 0 unspecified atom stereocenters. The summed E-state index contributed by atoms with van der Waals surface area (Å²) in [6, 6.07) is 5.58. The van der Waals surface area contributed by atoms with Gasteiger partial charge in [-0.25, -0.2) is 0 Å². The maximum Gasteiger partial charge on any atom is 0.162 e. The zero-order valence-corrected chi connectivity index (χ0v) is 7.18. The summed E-state index contributed by atoms with van der Waals surface area (Å²) < 4.78 is 0. The molecule has 0 radical (unpaired) electrons. The molecule has 0 spiro atoms. The minimum absolute atomic E-state index is 0.693. The van der Waals surface area contributed by atoms with Gasteiger partial charge < -0.3 is 5.73 Å². The Labute approximate surface area is 75.2 Å². The van der Waals surface area contributed by atoms with Gasteiger partial charge in [0.15, 0.2) is 6.33 Å². The predicted octanol–water partition coefficient (Wildman–Crippen LogP) is 0.553. The van der Waals surface area contributed by atoms with Crippen LogP contribution in [-0.4, -0.2) is 20.2 Å². The molecule has 0 bridgehead atoms. The number of anilines is 1. The topological polar surface area (TPSA) is 69.6 Å². The average molecular weight is 175 g/mol. The monoisotopic (exact) mass is 175 g/mol. The van der Waals surface area contributed by atoms with Crippen molar-refractivity contribution in [3.8, 4) is 5.69 Å². The van der Waals surface area contributed by atoms with Crippen LogP contribution in [0.25, 0.3) is 5.69 Å². The van der Waals surface area contributed by atoms with Gasteiger partial charge in [0, 0.05) is 5.69 Å². The molecule has 1 aromatic heterocycles. The lowest BCUT2D eigenvalue weighted by atomic mass is 10.2. The fourth-order valence-electron chi connectivity index (χ4n) is 1.12. The van der Waals surface area contributed by atoms with E-state index in [2.05, 4.69) is 15.4 Å². The van der Waals surface area contributed by atoms with Crippen molar-refractivity contribution in [2.75, 3.05) is 5.73 Å². The van der Waals surface area contributed by atoms with E-state index in [0.717, 1.165) is 11.3 Å². The standard InChI is InChI=1S/C8H9N5/c1-6-2-3-7(9)4-8(6)13-11-5-10-12-13/h2-5H,9H2,1H3. The van der Waals surface area contributed by atoms with Gasteiger partial charge >= 0.3 is 0 Å². The zero-order chi connectivity index (χ0) is 9.26. The van der Waals surface area contributed by atoms with Gasteiger partial charge in [-0.2, -0.15) is 0 Å². The van der Waals surface area contributed by atoms with Gasteiger partial charge in [0.25, 0.3) is 0 Å². The lowest BCUT2D eigenvalue weighted by Crippen LogP contribution is -2.02. The van der Waals surface area contributed by atoms with Crippen LogP contribution >= 0.6 is 0 Å². The third-order valence-corrected chi connectivity index (χ3v) is 1.80. The Kier molecular flexibility index (Phi) is 1.70. The van der Waals surface area contributed by atoms with Crippen molar-refractivity contribution in [3.05, 3.63) is 30.1 Å². The third-order valence-electron chi connectivity index (χ3n) is 1.80. The van der Waals surface area contributed by atoms with E-state index in [9.17, 15) is 0 Å². The molecular weight excluding hydrogens is 166 g/mol. The largest absolute Gasteiger partial charge is 0.399 e. The van der Waals surface area contributed by atoms with Crippen molar-refractivity contribution in [1.82, 2.24) is 20.2 Å². The Hall–Kier alpha value is -1.91. The van der Waals surface area contributed by atoms with Crippen molar-refractivity contribution in [3.63, 3.8) is 0 Å². The normalized spacial score (nSPS) is 10.2. The molecule has 2 N–H and O–H groups in total. The summed E-state index contributed by atoms with van der Waals surface area (Å²) in [6.45, 7) is 1.97. The van der Waals surface area contributed by atoms with Crippen LogP contribution in [0.2, 0.25) is 0 Å². The number of aromatic nitrogens is 4. The van der Waals surface area contributed by atoms with Crippen molar-refractivity contribution in [2.45, 2.75) is 6.92 Å². The van der Waals surface area contributed by atoms with Gasteiger partial charge in [0.1, 0.15) is 0 Å². The molecule has 13 heavy (non-hydrogen) atoms. The second-order valence-corrected chi connectivity index (χ2v) is 2.77. The number of rotatable bonds is 1. The number of benzene rings is 1. The highest BCUT2D eigenvalue weighted by Crippen LogP contribution is 2.14. The lowest BCUT2D eigenvalue weighted by Gasteiger charge is -2.03. The highest BCUT2D eigenvalue weighted by atomic mass is 15.6. The van der Waals surface area contributed by atoms with Gasteiger partial charge in [-0.1, -0.05) is 6.07 Å². The van der Waals surface area contributed by atoms with Crippen molar-refractivity contribution in [1.29, 1.82) is 0 Å². The number of tetrazole rings is 1. The molecule has 0 aliphatic carbocycles. The Morgan fingerprint density at radius 3 is 2.92 bits per heavy atom. The molecule has 0 amide bonds. The molecule has 0 atom stereocenters. The number of nitrogens with two attached hydrogens (primary N) is 1. The Balaban J connectivity index is 2.57. The quantitative estimate of drug-likeness (QED) is 0.642. The smallest absolute Gasteiger partial charge is 0.162 e. The molecule has 0 aliphatic heterocycles. The number of nitrogen functional groups attached to an aromatic ring is 1. The fraction of sp³-hybridized carbons (Fsp3) is 0.125. The number of nitrogens with zero attached hydrogens (tertiary/aromatic N) is 4. The molecule has 1 aromatic carbocycles. The number of aryl methyl sites for hydroxylation is 1. The summed E-state index contributed by atoms with van der Waals surface area (Å²) in [5, 5.41) is 11.3. The SMILES string of the molecule is Cc1ccc(N)cc1-n1ncnn1. The van der Waals surface area contributed by atoms with E-state index in [4.69, 9.17) is 5.73 Å². The summed E-state index contributed by atoms with van der Waals surface area (Å²) in [6.07, 6.45) is 1.39. The summed E-state index contributed by atoms with van der Waals surface area (Å²) in [5.41, 5.74) is 8.26. The maximum atomic E-state index is 5.64. The highest BCUT2D eigenvalue weighted by molar-refractivity contribution is 5.51. The van der Waals surface area contributed by atoms with Gasteiger partial charge in [-0.3, -0.25) is 0 Å². The van der Waals surface area contributed by atoms with Crippen LogP contribution in [0, 0.1) is 6.92 Å². The summed E-state index contributed by atoms with van der Waals surface area (Å²) in [4.78, 5) is 1.45. The summed E-state index contributed by atoms with van der Waals surface area (Å²) in [7, 11) is 0. The first kappa shape index (κ1) is 7.72. The first-order valence-electron chi connectivity index (χ1n) is 3.87. The first-order chi connectivity index (χ1) is 6.27. The van der Waals surface area contributed by atoms with E-state index in [1.807, 2.05) is 25.1 Å². The highest BCUT2D eigenvalue weighted by Gasteiger charge is 2.02. The predicted molar refractivity (Wildman–Crippen MR) is 48.3 cm³/mol. The average Bonchev–Trinajstić information content (AvgIpc) is 2.61. The fourth-order valence-corrected chi connectivity index (χ4v) is 1.12. The molecule has 2 aromatic rings. The Bertz CT molecular complexity index is 406. The second-order valence-electron chi connectivity index (χ2n) is 2.77. The molecule has 2 rings (SSSR count). The lowest BCUT2D eigenvalue weighted by molar-refractivity contribution is 0.716. The first-order valence-corrected chi connectivity index (χ1v) is 3.87. The molecule has 0 aliphatic rings. The van der Waals surface area contributed by atoms with Crippen LogP contribution in [0.1, 0.15) is 5.56 Å². The van der Waals surface area contributed by atoms with Crippen molar-refractivity contribution >= 4 is 5.69 Å². The zero-order valence-electron chi connectivity index (χ0n) is 7.18. The summed E-state index contributed by atoms with van der Waals surface area (Å²) >= 11 is 0. The second kappa shape index (κ2) is 2.85. The van der Waals surface area contributed by atoms with Crippen LogP contribution in [0.15, 0.2) is 24.5 Å². The van der Waals surface area contributed by atoms with Crippen LogP contribution in [-0.2, 0) is 0 Å². The number of hydrogen-bond donors (Lipinski definition) is 1. The molecule has 0 fully saturated rings. The molecule has 0 saturated carbocycles. The van der Waals surface area contributed by atoms with E-state index in [0.29, 0.717) is 5.69 Å². The third kappa shape index (κ3) is 1.35. The number of hydrogen-bond acceptors (Lipinski definition) is 4.